The van der Waals surface area contributed by atoms with Crippen molar-refractivity contribution in [2.45, 2.75) is 0 Å². The average molecular weight is 300 g/mol. The molecule has 4 N–H and O–H groups in total. The number of benzene rings is 2. The van der Waals surface area contributed by atoms with E-state index in [1.807, 2.05) is 0 Å². The van der Waals surface area contributed by atoms with Gasteiger partial charge in [-0.1, -0.05) is 0 Å². The molecule has 2 aromatic carbocycles. The molecular formula is C13H8F4N2O2. The molecule has 0 bridgehead atoms. The molecule has 0 saturated heterocycles. The summed E-state index contributed by atoms with van der Waals surface area (Å²) in [6, 6.07) is 3.33. The van der Waals surface area contributed by atoms with Gasteiger partial charge in [-0.2, -0.15) is 0 Å². The van der Waals surface area contributed by atoms with Gasteiger partial charge in [0.05, 0.1) is 5.56 Å². The predicted molar refractivity (Wildman–Crippen MR) is 66.7 cm³/mol. The fraction of sp³-hybridized carbons (Fsp3) is 0. The summed E-state index contributed by atoms with van der Waals surface area (Å²) < 4.78 is 52.9. The minimum Gasteiger partial charge on any atom is -0.508 e. The first-order valence-electron chi connectivity index (χ1n) is 5.54. The number of rotatable bonds is 2. The lowest BCUT2D eigenvalue weighted by atomic mass is 10.1. The largest absolute Gasteiger partial charge is 0.508 e. The Labute approximate surface area is 115 Å². The molecule has 2 aromatic rings. The highest BCUT2D eigenvalue weighted by Gasteiger charge is 2.22. The van der Waals surface area contributed by atoms with E-state index in [1.165, 1.54) is 12.1 Å². The molecule has 0 aromatic heterocycles. The van der Waals surface area contributed by atoms with Crippen LogP contribution in [0.4, 0.5) is 28.9 Å². The van der Waals surface area contributed by atoms with Gasteiger partial charge in [-0.15, -0.1) is 0 Å². The number of nitrogen functional groups attached to an aromatic ring is 1. The quantitative estimate of drug-likeness (QED) is 0.345. The number of phenolic OH excluding ortho intramolecular Hbond substituents is 1. The number of aromatic hydroxyl groups is 1. The number of nitrogens with two attached hydrogens (primary N) is 1. The number of carbonyl (C=O) groups excluding carboxylic acids is 1. The van der Waals surface area contributed by atoms with Gasteiger partial charge in [0.25, 0.3) is 5.91 Å². The summed E-state index contributed by atoms with van der Waals surface area (Å²) in [5, 5.41) is 10.9. The van der Waals surface area contributed by atoms with Gasteiger partial charge in [0.2, 0.25) is 0 Å². The van der Waals surface area contributed by atoms with Gasteiger partial charge in [0.15, 0.2) is 23.3 Å². The van der Waals surface area contributed by atoms with Crippen molar-refractivity contribution in [1.29, 1.82) is 0 Å². The molecule has 0 aliphatic carbocycles. The van der Waals surface area contributed by atoms with E-state index in [-0.39, 0.29) is 23.1 Å². The van der Waals surface area contributed by atoms with Crippen molar-refractivity contribution in [2.75, 3.05) is 11.1 Å². The number of amides is 1. The van der Waals surface area contributed by atoms with Crippen molar-refractivity contribution in [3.8, 4) is 5.75 Å². The van der Waals surface area contributed by atoms with Gasteiger partial charge < -0.3 is 16.2 Å². The van der Waals surface area contributed by atoms with Crippen LogP contribution in [0.5, 0.6) is 5.75 Å². The van der Waals surface area contributed by atoms with Crippen molar-refractivity contribution < 1.29 is 27.5 Å². The second kappa shape index (κ2) is 5.31. The molecule has 0 saturated carbocycles. The Morgan fingerprint density at radius 3 is 2.19 bits per heavy atom. The Kier molecular flexibility index (Phi) is 3.70. The molecule has 0 radical (unpaired) electrons. The van der Waals surface area contributed by atoms with Gasteiger partial charge in [-0.05, 0) is 18.2 Å². The van der Waals surface area contributed by atoms with Crippen LogP contribution in [0.1, 0.15) is 10.4 Å². The van der Waals surface area contributed by atoms with E-state index in [0.29, 0.717) is 0 Å². The van der Waals surface area contributed by atoms with Crippen LogP contribution in [0.2, 0.25) is 0 Å². The smallest absolute Gasteiger partial charge is 0.258 e. The van der Waals surface area contributed by atoms with E-state index in [2.05, 4.69) is 0 Å². The highest BCUT2D eigenvalue weighted by Crippen LogP contribution is 2.26. The molecule has 0 atom stereocenters. The van der Waals surface area contributed by atoms with Crippen LogP contribution in [0.25, 0.3) is 0 Å². The monoisotopic (exact) mass is 300 g/mol. The Balaban J connectivity index is 2.43. The molecule has 0 aliphatic heterocycles. The van der Waals surface area contributed by atoms with Gasteiger partial charge in [-0.3, -0.25) is 4.79 Å². The zero-order valence-corrected chi connectivity index (χ0v) is 10.3. The lowest BCUT2D eigenvalue weighted by molar-refractivity contribution is 0.102. The minimum atomic E-state index is -1.75. The third kappa shape index (κ3) is 2.73. The molecular weight excluding hydrogens is 292 g/mol. The maximum absolute atomic E-state index is 13.4. The van der Waals surface area contributed by atoms with Crippen LogP contribution < -0.4 is 11.1 Å². The Bertz CT molecular complexity index is 708. The van der Waals surface area contributed by atoms with Gasteiger partial charge >= 0.3 is 0 Å². The number of hydrogen-bond donors (Lipinski definition) is 3. The van der Waals surface area contributed by atoms with Crippen LogP contribution in [0.3, 0.4) is 0 Å². The maximum atomic E-state index is 13.4. The summed E-state index contributed by atoms with van der Waals surface area (Å²) in [7, 11) is 0. The lowest BCUT2D eigenvalue weighted by Crippen LogP contribution is -2.17. The maximum Gasteiger partial charge on any atom is 0.258 e. The van der Waals surface area contributed by atoms with Crippen molar-refractivity contribution >= 4 is 17.3 Å². The van der Waals surface area contributed by atoms with Crippen LogP contribution in [0.15, 0.2) is 24.3 Å². The summed E-state index contributed by atoms with van der Waals surface area (Å²) in [5.74, 6) is -8.27. The van der Waals surface area contributed by atoms with Gasteiger partial charge in [0.1, 0.15) is 11.4 Å². The van der Waals surface area contributed by atoms with Crippen molar-refractivity contribution in [3.63, 3.8) is 0 Å². The number of halogens is 4. The van der Waals surface area contributed by atoms with E-state index < -0.39 is 34.9 Å². The highest BCUT2D eigenvalue weighted by molar-refractivity contribution is 6.08. The SMILES string of the molecule is Nc1ccc(O)cc1C(=O)Nc1c(F)c(F)cc(F)c1F. The predicted octanol–water partition coefficient (Wildman–Crippen LogP) is 2.78. The second-order valence-corrected chi connectivity index (χ2v) is 4.07. The van der Waals surface area contributed by atoms with Crippen LogP contribution in [0, 0.1) is 23.3 Å². The number of carbonyl (C=O) groups is 1. The van der Waals surface area contributed by atoms with Crippen molar-refractivity contribution in [3.05, 3.63) is 53.1 Å². The van der Waals surface area contributed by atoms with E-state index in [1.54, 1.807) is 5.32 Å². The Hall–Kier alpha value is -2.77. The van der Waals surface area contributed by atoms with Gasteiger partial charge in [0, 0.05) is 11.8 Å². The topological polar surface area (TPSA) is 75.3 Å². The summed E-state index contributed by atoms with van der Waals surface area (Å²) in [6.07, 6.45) is 0. The number of anilines is 2. The molecule has 1 amide bonds. The summed E-state index contributed by atoms with van der Waals surface area (Å²) in [5.41, 5.74) is 3.79. The zero-order valence-electron chi connectivity index (χ0n) is 10.3. The number of hydrogen-bond acceptors (Lipinski definition) is 3. The third-order valence-electron chi connectivity index (χ3n) is 2.63. The van der Waals surface area contributed by atoms with Gasteiger partial charge in [-0.25, -0.2) is 17.6 Å². The van der Waals surface area contributed by atoms with Crippen LogP contribution in [-0.2, 0) is 0 Å². The fourth-order valence-electron chi connectivity index (χ4n) is 1.60. The van der Waals surface area contributed by atoms with Crippen LogP contribution >= 0.6 is 0 Å². The summed E-state index contributed by atoms with van der Waals surface area (Å²) in [6.45, 7) is 0. The highest BCUT2D eigenvalue weighted by atomic mass is 19.2. The average Bonchev–Trinajstić information content (AvgIpc) is 2.43. The number of nitrogens with one attached hydrogen (secondary N) is 1. The fourth-order valence-corrected chi connectivity index (χ4v) is 1.60. The molecule has 110 valence electrons. The standard InChI is InChI=1S/C13H8F4N2O2/c14-7-4-8(15)11(17)12(10(7)16)19-13(21)6-3-5(20)1-2-9(6)18/h1-4,20H,18H2,(H,19,21). The normalized spacial score (nSPS) is 10.5. The molecule has 0 spiro atoms. The van der Waals surface area contributed by atoms with Crippen molar-refractivity contribution in [1.82, 2.24) is 0 Å². The first kappa shape index (κ1) is 14.6. The molecule has 2 rings (SSSR count). The molecule has 4 nitrogen and oxygen atoms in total. The molecule has 8 heteroatoms. The van der Waals surface area contributed by atoms with Crippen LogP contribution in [-0.4, -0.2) is 11.0 Å². The third-order valence-corrected chi connectivity index (χ3v) is 2.63. The van der Waals surface area contributed by atoms with E-state index >= 15 is 0 Å². The molecule has 0 aliphatic rings. The first-order chi connectivity index (χ1) is 9.81. The Morgan fingerprint density at radius 1 is 1.05 bits per heavy atom. The van der Waals surface area contributed by atoms with E-state index in [4.69, 9.17) is 5.73 Å². The lowest BCUT2D eigenvalue weighted by Gasteiger charge is -2.10. The number of phenols is 1. The first-order valence-corrected chi connectivity index (χ1v) is 5.54. The Morgan fingerprint density at radius 2 is 1.62 bits per heavy atom. The van der Waals surface area contributed by atoms with Crippen molar-refractivity contribution in [2.24, 2.45) is 0 Å². The zero-order chi connectivity index (χ0) is 15.7. The molecule has 0 unspecified atom stereocenters. The molecule has 0 fully saturated rings. The molecule has 0 heterocycles. The summed E-state index contributed by atoms with van der Waals surface area (Å²) >= 11 is 0. The second-order valence-electron chi connectivity index (χ2n) is 4.07. The summed E-state index contributed by atoms with van der Waals surface area (Å²) in [4.78, 5) is 11.8. The minimum absolute atomic E-state index is 0.0169. The van der Waals surface area contributed by atoms with E-state index in [9.17, 15) is 27.5 Å². The molecule has 21 heavy (non-hydrogen) atoms. The van der Waals surface area contributed by atoms with E-state index in [0.717, 1.165) is 6.07 Å².